The summed E-state index contributed by atoms with van der Waals surface area (Å²) in [5.74, 6) is 0. The molecule has 0 fully saturated rings. The number of benzene rings is 2. The maximum Gasteiger partial charge on any atom is 0.0991 e. The van der Waals surface area contributed by atoms with Crippen molar-refractivity contribution in [2.75, 3.05) is 0 Å². The fourth-order valence-corrected chi connectivity index (χ4v) is 1.57. The highest BCUT2D eigenvalue weighted by atomic mass is 14.2. The van der Waals surface area contributed by atoms with Gasteiger partial charge in [0.2, 0.25) is 0 Å². The molecule has 0 atom stereocenters. The van der Waals surface area contributed by atoms with Crippen LogP contribution in [0, 0.1) is 22.7 Å². The molecule has 84 valence electrons. The van der Waals surface area contributed by atoms with Crippen LogP contribution >= 0.6 is 0 Å². The topological polar surface area (TPSA) is 47.6 Å². The molecule has 2 aromatic carbocycles. The van der Waals surface area contributed by atoms with Crippen LogP contribution in [0.15, 0.2) is 48.5 Å². The second-order valence-corrected chi connectivity index (χ2v) is 3.80. The van der Waals surface area contributed by atoms with Crippen LogP contribution in [0.2, 0.25) is 0 Å². The Balaban J connectivity index is 2.19. The second kappa shape index (κ2) is 5.48. The molecule has 0 aliphatic carbocycles. The normalized spacial score (nSPS) is 9.89. The van der Waals surface area contributed by atoms with Gasteiger partial charge in [0.15, 0.2) is 0 Å². The van der Waals surface area contributed by atoms with Crippen LogP contribution in [0.25, 0.3) is 12.2 Å². The van der Waals surface area contributed by atoms with Crippen molar-refractivity contribution in [1.82, 2.24) is 0 Å². The Bertz CT molecular complexity index is 653. The zero-order valence-electron chi connectivity index (χ0n) is 9.67. The van der Waals surface area contributed by atoms with Crippen LogP contribution in [0.5, 0.6) is 0 Å². The molecule has 0 aromatic heterocycles. The Morgan fingerprint density at radius 2 is 1.39 bits per heavy atom. The summed E-state index contributed by atoms with van der Waals surface area (Å²) < 4.78 is 0. The highest BCUT2D eigenvalue weighted by molar-refractivity contribution is 5.70. The van der Waals surface area contributed by atoms with E-state index in [4.69, 9.17) is 10.5 Å². The van der Waals surface area contributed by atoms with E-state index in [1.165, 1.54) is 0 Å². The lowest BCUT2D eigenvalue weighted by molar-refractivity contribution is 1.48. The lowest BCUT2D eigenvalue weighted by Crippen LogP contribution is -1.77. The van der Waals surface area contributed by atoms with Crippen molar-refractivity contribution in [1.29, 1.82) is 10.5 Å². The fraction of sp³-hybridized carbons (Fsp3) is 0. The predicted molar refractivity (Wildman–Crippen MR) is 71.2 cm³/mol. The highest BCUT2D eigenvalue weighted by Crippen LogP contribution is 2.10. The average Bonchev–Trinajstić information content (AvgIpc) is 2.46. The Hall–Kier alpha value is -2.84. The van der Waals surface area contributed by atoms with Gasteiger partial charge in [0.05, 0.1) is 23.3 Å². The van der Waals surface area contributed by atoms with Gasteiger partial charge in [-0.2, -0.15) is 10.5 Å². The first-order chi connectivity index (χ1) is 8.81. The largest absolute Gasteiger partial charge is 0.192 e. The zero-order chi connectivity index (χ0) is 12.8. The summed E-state index contributed by atoms with van der Waals surface area (Å²) in [5, 5.41) is 17.5. The first-order valence-corrected chi connectivity index (χ1v) is 5.50. The molecule has 0 amide bonds. The van der Waals surface area contributed by atoms with Crippen LogP contribution in [0.1, 0.15) is 22.3 Å². The molecule has 0 N–H and O–H groups in total. The molecule has 2 rings (SSSR count). The van der Waals surface area contributed by atoms with E-state index in [1.54, 1.807) is 18.2 Å². The molecule has 18 heavy (non-hydrogen) atoms. The van der Waals surface area contributed by atoms with Crippen LogP contribution in [0.3, 0.4) is 0 Å². The SMILES string of the molecule is N#Cc1ccc(C=Cc2cccc(C#N)c2)cc1. The summed E-state index contributed by atoms with van der Waals surface area (Å²) in [6.45, 7) is 0. The summed E-state index contributed by atoms with van der Waals surface area (Å²) in [4.78, 5) is 0. The Labute approximate surface area is 106 Å². The van der Waals surface area contributed by atoms with Gasteiger partial charge >= 0.3 is 0 Å². The smallest absolute Gasteiger partial charge is 0.0991 e. The van der Waals surface area contributed by atoms with Crippen LogP contribution in [-0.4, -0.2) is 0 Å². The van der Waals surface area contributed by atoms with Crippen LogP contribution in [0.4, 0.5) is 0 Å². The lowest BCUT2D eigenvalue weighted by Gasteiger charge is -1.95. The molecule has 2 nitrogen and oxygen atoms in total. The minimum absolute atomic E-state index is 0.650. The van der Waals surface area contributed by atoms with Crippen molar-refractivity contribution in [3.05, 3.63) is 70.8 Å². The summed E-state index contributed by atoms with van der Waals surface area (Å²) in [5.41, 5.74) is 3.31. The third-order valence-electron chi connectivity index (χ3n) is 2.52. The third-order valence-corrected chi connectivity index (χ3v) is 2.52. The van der Waals surface area contributed by atoms with Crippen molar-refractivity contribution in [2.24, 2.45) is 0 Å². The van der Waals surface area contributed by atoms with Gasteiger partial charge in [-0.25, -0.2) is 0 Å². The monoisotopic (exact) mass is 230 g/mol. The van der Waals surface area contributed by atoms with Gasteiger partial charge in [-0.05, 0) is 35.4 Å². The number of hydrogen-bond acceptors (Lipinski definition) is 2. The third kappa shape index (κ3) is 2.84. The van der Waals surface area contributed by atoms with Gasteiger partial charge in [0.25, 0.3) is 0 Å². The van der Waals surface area contributed by atoms with E-state index in [9.17, 15) is 0 Å². The molecule has 0 aliphatic heterocycles. The van der Waals surface area contributed by atoms with E-state index < -0.39 is 0 Å². The zero-order valence-corrected chi connectivity index (χ0v) is 9.67. The fourth-order valence-electron chi connectivity index (χ4n) is 1.57. The maximum atomic E-state index is 8.80. The molecule has 0 unspecified atom stereocenters. The summed E-state index contributed by atoms with van der Waals surface area (Å²) in [6, 6.07) is 19.0. The van der Waals surface area contributed by atoms with Gasteiger partial charge in [-0.1, -0.05) is 36.4 Å². The second-order valence-electron chi connectivity index (χ2n) is 3.80. The minimum atomic E-state index is 0.650. The molecule has 0 heterocycles. The van der Waals surface area contributed by atoms with Crippen molar-refractivity contribution in [2.45, 2.75) is 0 Å². The van der Waals surface area contributed by atoms with Crippen molar-refractivity contribution in [3.8, 4) is 12.1 Å². The van der Waals surface area contributed by atoms with E-state index in [0.29, 0.717) is 11.1 Å². The molecule has 0 aliphatic rings. The van der Waals surface area contributed by atoms with E-state index >= 15 is 0 Å². The molecule has 0 saturated heterocycles. The minimum Gasteiger partial charge on any atom is -0.192 e. The summed E-state index contributed by atoms with van der Waals surface area (Å²) in [6.07, 6.45) is 3.90. The highest BCUT2D eigenvalue weighted by Gasteiger charge is 1.92. The van der Waals surface area contributed by atoms with Gasteiger partial charge in [0.1, 0.15) is 0 Å². The maximum absolute atomic E-state index is 8.80. The molecule has 2 aromatic rings. The first kappa shape index (κ1) is 11.6. The summed E-state index contributed by atoms with van der Waals surface area (Å²) >= 11 is 0. The molecular weight excluding hydrogens is 220 g/mol. The number of nitriles is 2. The van der Waals surface area contributed by atoms with Gasteiger partial charge < -0.3 is 0 Å². The standard InChI is InChI=1S/C16H10N2/c17-11-15-8-5-13(6-9-15)4-7-14-2-1-3-16(10-14)12-18/h1-10H. The van der Waals surface area contributed by atoms with E-state index in [-0.39, 0.29) is 0 Å². The molecule has 0 saturated carbocycles. The number of hydrogen-bond donors (Lipinski definition) is 0. The Kier molecular flexibility index (Phi) is 3.54. The number of rotatable bonds is 2. The molecule has 0 radical (unpaired) electrons. The first-order valence-electron chi connectivity index (χ1n) is 5.50. The Morgan fingerprint density at radius 1 is 0.722 bits per heavy atom. The van der Waals surface area contributed by atoms with E-state index in [2.05, 4.69) is 12.1 Å². The van der Waals surface area contributed by atoms with Crippen LogP contribution in [-0.2, 0) is 0 Å². The molecule has 0 spiro atoms. The quantitative estimate of drug-likeness (QED) is 0.740. The van der Waals surface area contributed by atoms with Crippen molar-refractivity contribution < 1.29 is 0 Å². The predicted octanol–water partition coefficient (Wildman–Crippen LogP) is 3.60. The van der Waals surface area contributed by atoms with Crippen molar-refractivity contribution in [3.63, 3.8) is 0 Å². The van der Waals surface area contributed by atoms with Crippen LogP contribution < -0.4 is 0 Å². The number of nitrogens with zero attached hydrogens (tertiary/aromatic N) is 2. The van der Waals surface area contributed by atoms with E-state index in [0.717, 1.165) is 11.1 Å². The van der Waals surface area contributed by atoms with Gasteiger partial charge in [-0.3, -0.25) is 0 Å². The van der Waals surface area contributed by atoms with Crippen molar-refractivity contribution >= 4 is 12.2 Å². The molecular formula is C16H10N2. The lowest BCUT2D eigenvalue weighted by atomic mass is 10.1. The van der Waals surface area contributed by atoms with Gasteiger partial charge in [-0.15, -0.1) is 0 Å². The average molecular weight is 230 g/mol. The summed E-state index contributed by atoms with van der Waals surface area (Å²) in [7, 11) is 0. The van der Waals surface area contributed by atoms with Gasteiger partial charge in [0, 0.05) is 0 Å². The molecule has 2 heteroatoms. The molecule has 0 bridgehead atoms. The van der Waals surface area contributed by atoms with E-state index in [1.807, 2.05) is 42.5 Å². The Morgan fingerprint density at radius 3 is 2.06 bits per heavy atom.